The highest BCUT2D eigenvalue weighted by Gasteiger charge is 2.26. The van der Waals surface area contributed by atoms with E-state index in [0.717, 1.165) is 16.8 Å². The molecule has 0 aliphatic heterocycles. The first kappa shape index (κ1) is 14.7. The van der Waals surface area contributed by atoms with Gasteiger partial charge in [0.05, 0.1) is 6.42 Å². The molecule has 2 heterocycles. The Balaban J connectivity index is 1.50. The molecule has 2 N–H and O–H groups in total. The van der Waals surface area contributed by atoms with Gasteiger partial charge in [-0.1, -0.05) is 35.5 Å². The van der Waals surface area contributed by atoms with Gasteiger partial charge in [-0.2, -0.15) is 5.10 Å². The van der Waals surface area contributed by atoms with Gasteiger partial charge in [0.25, 0.3) is 0 Å². The molecule has 1 aliphatic carbocycles. The van der Waals surface area contributed by atoms with Crippen LogP contribution in [0.2, 0.25) is 0 Å². The molecule has 0 unspecified atom stereocenters. The topological polar surface area (TPSA) is 83.8 Å². The monoisotopic (exact) mass is 322 g/mol. The minimum Gasteiger partial charge on any atom is -0.361 e. The van der Waals surface area contributed by atoms with Crippen molar-refractivity contribution >= 4 is 11.7 Å². The molecule has 24 heavy (non-hydrogen) atoms. The van der Waals surface area contributed by atoms with Crippen LogP contribution in [0.5, 0.6) is 0 Å². The van der Waals surface area contributed by atoms with Crippen LogP contribution in [-0.2, 0) is 11.2 Å². The van der Waals surface area contributed by atoms with Gasteiger partial charge in [-0.15, -0.1) is 0 Å². The Labute approximate surface area is 139 Å². The zero-order valence-corrected chi connectivity index (χ0v) is 13.4. The number of hydrogen-bond donors (Lipinski definition) is 2. The van der Waals surface area contributed by atoms with Crippen LogP contribution in [0.4, 0.5) is 5.82 Å². The number of nitrogens with zero attached hydrogens (tertiary/aromatic N) is 2. The summed E-state index contributed by atoms with van der Waals surface area (Å²) in [6.45, 7) is 1.82. The molecule has 0 saturated heterocycles. The molecule has 0 bridgehead atoms. The van der Waals surface area contributed by atoms with Crippen LogP contribution in [-0.4, -0.2) is 21.3 Å². The molecule has 4 rings (SSSR count). The van der Waals surface area contributed by atoms with Gasteiger partial charge in [0.2, 0.25) is 5.91 Å². The number of benzene rings is 1. The van der Waals surface area contributed by atoms with E-state index >= 15 is 0 Å². The fraction of sp³-hybridized carbons (Fsp3) is 0.278. The van der Waals surface area contributed by atoms with Crippen molar-refractivity contribution < 1.29 is 9.32 Å². The molecule has 122 valence electrons. The third-order valence-corrected chi connectivity index (χ3v) is 4.25. The molecule has 1 amide bonds. The molecule has 0 radical (unpaired) electrons. The Morgan fingerprint density at radius 2 is 2.12 bits per heavy atom. The lowest BCUT2D eigenvalue weighted by Crippen LogP contribution is -2.15. The normalized spacial score (nSPS) is 13.9. The fourth-order valence-corrected chi connectivity index (χ4v) is 2.77. The van der Waals surface area contributed by atoms with Crippen molar-refractivity contribution in [3.63, 3.8) is 0 Å². The third-order valence-electron chi connectivity index (χ3n) is 4.25. The van der Waals surface area contributed by atoms with E-state index in [-0.39, 0.29) is 12.3 Å². The second-order valence-corrected chi connectivity index (χ2v) is 6.14. The Bertz CT molecular complexity index is 862. The Kier molecular flexibility index (Phi) is 3.65. The Hall–Kier alpha value is -2.89. The summed E-state index contributed by atoms with van der Waals surface area (Å²) in [6, 6.07) is 11.6. The van der Waals surface area contributed by atoms with E-state index in [2.05, 4.69) is 20.7 Å². The van der Waals surface area contributed by atoms with Gasteiger partial charge in [-0.25, -0.2) is 0 Å². The van der Waals surface area contributed by atoms with Gasteiger partial charge in [0, 0.05) is 28.8 Å². The molecule has 2 aromatic heterocycles. The van der Waals surface area contributed by atoms with Crippen LogP contribution < -0.4 is 5.32 Å². The molecule has 1 saturated carbocycles. The lowest BCUT2D eigenvalue weighted by atomic mass is 10.0. The Morgan fingerprint density at radius 3 is 2.88 bits per heavy atom. The van der Waals surface area contributed by atoms with E-state index in [4.69, 9.17) is 4.52 Å². The average molecular weight is 322 g/mol. The van der Waals surface area contributed by atoms with Crippen molar-refractivity contribution in [2.24, 2.45) is 0 Å². The minimum absolute atomic E-state index is 0.132. The van der Waals surface area contributed by atoms with Gasteiger partial charge in [0.15, 0.2) is 5.82 Å². The maximum atomic E-state index is 12.4. The number of H-pyrrole nitrogens is 1. The second kappa shape index (κ2) is 5.96. The Morgan fingerprint density at radius 1 is 1.33 bits per heavy atom. The number of carbonyl (C=O) groups is 1. The van der Waals surface area contributed by atoms with E-state index in [0.29, 0.717) is 23.2 Å². The van der Waals surface area contributed by atoms with Crippen molar-refractivity contribution in [2.75, 3.05) is 5.32 Å². The molecular formula is C18H18N4O2. The van der Waals surface area contributed by atoms with Crippen LogP contribution in [0.15, 0.2) is 40.9 Å². The lowest BCUT2D eigenvalue weighted by molar-refractivity contribution is -0.115. The maximum Gasteiger partial charge on any atom is 0.230 e. The van der Waals surface area contributed by atoms with E-state index in [9.17, 15) is 4.79 Å². The van der Waals surface area contributed by atoms with Crippen molar-refractivity contribution in [3.05, 3.63) is 53.4 Å². The van der Waals surface area contributed by atoms with Crippen LogP contribution in [0.1, 0.15) is 35.8 Å². The largest absolute Gasteiger partial charge is 0.361 e. The summed E-state index contributed by atoms with van der Waals surface area (Å²) in [6.07, 6.45) is 2.58. The molecule has 1 aromatic carbocycles. The van der Waals surface area contributed by atoms with Crippen LogP contribution >= 0.6 is 0 Å². The highest BCUT2D eigenvalue weighted by molar-refractivity contribution is 5.92. The molecule has 0 spiro atoms. The SMILES string of the molecule is Cc1onc(-c2ccccc2)c1CC(=O)Nc1cc(C2CC2)[nH]n1. The number of nitrogens with one attached hydrogen (secondary N) is 2. The van der Waals surface area contributed by atoms with Crippen LogP contribution in [0, 0.1) is 6.92 Å². The predicted molar refractivity (Wildman–Crippen MR) is 89.6 cm³/mol. The highest BCUT2D eigenvalue weighted by atomic mass is 16.5. The van der Waals surface area contributed by atoms with E-state index in [1.54, 1.807) is 0 Å². The van der Waals surface area contributed by atoms with E-state index in [1.165, 1.54) is 12.8 Å². The first-order valence-corrected chi connectivity index (χ1v) is 8.06. The molecule has 0 atom stereocenters. The summed E-state index contributed by atoms with van der Waals surface area (Å²) in [5.41, 5.74) is 3.55. The summed E-state index contributed by atoms with van der Waals surface area (Å²) >= 11 is 0. The quantitative estimate of drug-likeness (QED) is 0.754. The first-order valence-electron chi connectivity index (χ1n) is 8.06. The van der Waals surface area contributed by atoms with Gasteiger partial charge in [-0.05, 0) is 19.8 Å². The number of amides is 1. The number of aromatic amines is 1. The standard InChI is InChI=1S/C18H18N4O2/c1-11-14(18(22-24-11)13-5-3-2-4-6-13)9-17(23)19-16-10-15(20-21-16)12-7-8-12/h2-6,10,12H,7-9H2,1H3,(H2,19,20,21,23). The molecule has 6 nitrogen and oxygen atoms in total. The molecule has 3 aromatic rings. The van der Waals surface area contributed by atoms with Crippen molar-refractivity contribution in [2.45, 2.75) is 32.1 Å². The van der Waals surface area contributed by atoms with Crippen LogP contribution in [0.25, 0.3) is 11.3 Å². The number of carbonyl (C=O) groups excluding carboxylic acids is 1. The summed E-state index contributed by atoms with van der Waals surface area (Å²) in [5.74, 6) is 1.67. The van der Waals surface area contributed by atoms with Crippen molar-refractivity contribution in [3.8, 4) is 11.3 Å². The predicted octanol–water partition coefficient (Wildman–Crippen LogP) is 3.43. The zero-order chi connectivity index (χ0) is 16.5. The number of hydrogen-bond acceptors (Lipinski definition) is 4. The average Bonchev–Trinajstić information content (AvgIpc) is 3.24. The third kappa shape index (κ3) is 2.95. The van der Waals surface area contributed by atoms with Gasteiger partial charge in [-0.3, -0.25) is 9.89 Å². The molecule has 1 aliphatic rings. The van der Waals surface area contributed by atoms with Crippen molar-refractivity contribution in [1.82, 2.24) is 15.4 Å². The van der Waals surface area contributed by atoms with Gasteiger partial charge >= 0.3 is 0 Å². The highest BCUT2D eigenvalue weighted by Crippen LogP contribution is 2.39. The number of aromatic nitrogens is 3. The summed E-state index contributed by atoms with van der Waals surface area (Å²) in [5, 5.41) is 14.1. The molecular weight excluding hydrogens is 304 g/mol. The van der Waals surface area contributed by atoms with Gasteiger partial charge < -0.3 is 9.84 Å². The summed E-state index contributed by atoms with van der Waals surface area (Å²) < 4.78 is 5.29. The number of aryl methyl sites for hydroxylation is 1. The van der Waals surface area contributed by atoms with E-state index in [1.807, 2.05) is 43.3 Å². The number of rotatable bonds is 5. The summed E-state index contributed by atoms with van der Waals surface area (Å²) in [4.78, 5) is 12.4. The maximum absolute atomic E-state index is 12.4. The first-order chi connectivity index (χ1) is 11.7. The minimum atomic E-state index is -0.132. The van der Waals surface area contributed by atoms with Crippen molar-refractivity contribution in [1.29, 1.82) is 0 Å². The smallest absolute Gasteiger partial charge is 0.230 e. The lowest BCUT2D eigenvalue weighted by Gasteiger charge is -2.03. The second-order valence-electron chi connectivity index (χ2n) is 6.14. The molecule has 6 heteroatoms. The van der Waals surface area contributed by atoms with Gasteiger partial charge in [0.1, 0.15) is 11.5 Å². The summed E-state index contributed by atoms with van der Waals surface area (Å²) in [7, 11) is 0. The van der Waals surface area contributed by atoms with E-state index < -0.39 is 0 Å². The zero-order valence-electron chi connectivity index (χ0n) is 13.4. The number of anilines is 1. The van der Waals surface area contributed by atoms with Crippen LogP contribution in [0.3, 0.4) is 0 Å². The molecule has 1 fully saturated rings. The fourth-order valence-electron chi connectivity index (χ4n) is 2.77.